The zero-order valence-corrected chi connectivity index (χ0v) is 9.59. The topological polar surface area (TPSA) is 91.3 Å². The minimum Gasteiger partial charge on any atom is -0.459 e. The first-order valence-corrected chi connectivity index (χ1v) is 5.14. The average molecular weight is 248 g/mol. The summed E-state index contributed by atoms with van der Waals surface area (Å²) in [5.41, 5.74) is 0. The van der Waals surface area contributed by atoms with Crippen LogP contribution >= 0.6 is 0 Å². The van der Waals surface area contributed by atoms with Crippen LogP contribution in [0.25, 0.3) is 0 Å². The molecular weight excluding hydrogens is 232 g/mol. The van der Waals surface area contributed by atoms with E-state index in [4.69, 9.17) is 5.11 Å². The third kappa shape index (κ3) is 12.2. The fraction of sp³-hybridized carbons (Fsp3) is 0.600. The standard InChI is InChI=1S/C10H16O7/c1-2-3-5-16-17-6-4-9(11)14-7-8-15-10(12)13/h4,6H,2-3,5,7-8H2,1H3,(H,12,13). The Kier molecular flexibility index (Phi) is 9.64. The number of esters is 1. The number of carboxylic acid groups (broad SMARTS) is 1. The third-order valence-corrected chi connectivity index (χ3v) is 1.46. The number of hydrogen-bond donors (Lipinski definition) is 1. The second kappa shape index (κ2) is 10.7. The van der Waals surface area contributed by atoms with Crippen LogP contribution in [0, 0.1) is 0 Å². The van der Waals surface area contributed by atoms with E-state index in [0.29, 0.717) is 6.61 Å². The Morgan fingerprint density at radius 2 is 1.88 bits per heavy atom. The van der Waals surface area contributed by atoms with Gasteiger partial charge in [-0.1, -0.05) is 13.3 Å². The predicted octanol–water partition coefficient (Wildman–Crippen LogP) is 1.49. The molecule has 0 fully saturated rings. The van der Waals surface area contributed by atoms with Gasteiger partial charge in [-0.05, 0) is 6.42 Å². The molecule has 7 nitrogen and oxygen atoms in total. The Morgan fingerprint density at radius 1 is 1.18 bits per heavy atom. The van der Waals surface area contributed by atoms with Gasteiger partial charge in [-0.15, -0.1) is 0 Å². The zero-order chi connectivity index (χ0) is 12.9. The van der Waals surface area contributed by atoms with Gasteiger partial charge in [0.1, 0.15) is 19.5 Å². The maximum absolute atomic E-state index is 10.9. The van der Waals surface area contributed by atoms with Crippen LogP contribution in [-0.2, 0) is 24.0 Å². The van der Waals surface area contributed by atoms with Gasteiger partial charge in [-0.3, -0.25) is 0 Å². The first kappa shape index (κ1) is 15.2. The van der Waals surface area contributed by atoms with Crippen molar-refractivity contribution >= 4 is 12.1 Å². The number of rotatable bonds is 9. The van der Waals surface area contributed by atoms with Gasteiger partial charge >= 0.3 is 12.1 Å². The molecule has 0 aliphatic heterocycles. The highest BCUT2D eigenvalue weighted by molar-refractivity contribution is 5.81. The van der Waals surface area contributed by atoms with Crippen LogP contribution in [0.4, 0.5) is 4.79 Å². The molecule has 98 valence electrons. The summed E-state index contributed by atoms with van der Waals surface area (Å²) in [6.07, 6.45) is 2.51. The number of ether oxygens (including phenoxy) is 2. The zero-order valence-electron chi connectivity index (χ0n) is 9.59. The summed E-state index contributed by atoms with van der Waals surface area (Å²) in [7, 11) is 0. The molecule has 0 rings (SSSR count). The lowest BCUT2D eigenvalue weighted by Crippen LogP contribution is -2.11. The highest BCUT2D eigenvalue weighted by Crippen LogP contribution is 1.90. The largest absolute Gasteiger partial charge is 0.505 e. The van der Waals surface area contributed by atoms with E-state index in [9.17, 15) is 9.59 Å². The Morgan fingerprint density at radius 3 is 2.53 bits per heavy atom. The van der Waals surface area contributed by atoms with Crippen LogP contribution < -0.4 is 0 Å². The summed E-state index contributed by atoms with van der Waals surface area (Å²) >= 11 is 0. The van der Waals surface area contributed by atoms with E-state index < -0.39 is 12.1 Å². The Hall–Kier alpha value is -1.76. The van der Waals surface area contributed by atoms with Crippen LogP contribution in [0.3, 0.4) is 0 Å². The molecule has 1 N–H and O–H groups in total. The van der Waals surface area contributed by atoms with E-state index in [2.05, 4.69) is 19.2 Å². The smallest absolute Gasteiger partial charge is 0.459 e. The quantitative estimate of drug-likeness (QED) is 0.165. The second-order valence-corrected chi connectivity index (χ2v) is 2.86. The molecule has 0 aromatic carbocycles. The lowest BCUT2D eigenvalue weighted by molar-refractivity contribution is -0.249. The first-order valence-electron chi connectivity index (χ1n) is 5.14. The molecule has 0 amide bonds. The normalized spacial score (nSPS) is 10.2. The average Bonchev–Trinajstić information content (AvgIpc) is 2.29. The van der Waals surface area contributed by atoms with Crippen LogP contribution in [0.1, 0.15) is 19.8 Å². The molecular formula is C10H16O7. The summed E-state index contributed by atoms with van der Waals surface area (Å²) in [6.45, 7) is 2.10. The third-order valence-electron chi connectivity index (χ3n) is 1.46. The van der Waals surface area contributed by atoms with Crippen molar-refractivity contribution in [2.45, 2.75) is 19.8 Å². The summed E-state index contributed by atoms with van der Waals surface area (Å²) < 4.78 is 8.69. The van der Waals surface area contributed by atoms with E-state index >= 15 is 0 Å². The SMILES string of the molecule is CCCCOOC=CC(=O)OCCOC(=O)O. The van der Waals surface area contributed by atoms with Crippen molar-refractivity contribution in [2.24, 2.45) is 0 Å². The van der Waals surface area contributed by atoms with Crippen LogP contribution in [0.2, 0.25) is 0 Å². The predicted molar refractivity (Wildman–Crippen MR) is 56.0 cm³/mol. The summed E-state index contributed by atoms with van der Waals surface area (Å²) in [5, 5.41) is 8.11. The maximum atomic E-state index is 10.9. The van der Waals surface area contributed by atoms with E-state index in [1.165, 1.54) is 0 Å². The molecule has 0 unspecified atom stereocenters. The molecule has 0 atom stereocenters. The molecule has 0 heterocycles. The van der Waals surface area contributed by atoms with Crippen molar-refractivity contribution in [3.63, 3.8) is 0 Å². The van der Waals surface area contributed by atoms with Gasteiger partial charge in [0.25, 0.3) is 0 Å². The number of unbranched alkanes of at least 4 members (excludes halogenated alkanes) is 1. The van der Waals surface area contributed by atoms with Gasteiger partial charge in [0.15, 0.2) is 0 Å². The number of hydrogen-bond acceptors (Lipinski definition) is 6. The van der Waals surface area contributed by atoms with Gasteiger partial charge < -0.3 is 19.5 Å². The Bertz CT molecular complexity index is 249. The van der Waals surface area contributed by atoms with Crippen molar-refractivity contribution in [1.29, 1.82) is 0 Å². The van der Waals surface area contributed by atoms with E-state index in [1.807, 2.05) is 6.92 Å². The molecule has 0 spiro atoms. The summed E-state index contributed by atoms with van der Waals surface area (Å²) in [5.74, 6) is -0.668. The van der Waals surface area contributed by atoms with Crippen LogP contribution in [-0.4, -0.2) is 37.1 Å². The molecule has 0 saturated carbocycles. The van der Waals surface area contributed by atoms with Crippen molar-refractivity contribution < 1.29 is 33.9 Å². The lowest BCUT2D eigenvalue weighted by atomic mass is 10.4. The molecule has 0 saturated heterocycles. The highest BCUT2D eigenvalue weighted by atomic mass is 17.2. The molecule has 0 aliphatic rings. The number of carbonyl (C=O) groups excluding carboxylic acids is 1. The van der Waals surface area contributed by atoms with Crippen molar-refractivity contribution in [1.82, 2.24) is 0 Å². The summed E-state index contributed by atoms with van der Waals surface area (Å²) in [6, 6.07) is 0. The summed E-state index contributed by atoms with van der Waals surface area (Å²) in [4.78, 5) is 30.1. The van der Waals surface area contributed by atoms with Crippen molar-refractivity contribution in [3.8, 4) is 0 Å². The maximum Gasteiger partial charge on any atom is 0.505 e. The van der Waals surface area contributed by atoms with Gasteiger partial charge in [0.2, 0.25) is 0 Å². The molecule has 0 aromatic heterocycles. The van der Waals surface area contributed by atoms with Gasteiger partial charge in [-0.2, -0.15) is 4.89 Å². The molecule has 7 heteroatoms. The fourth-order valence-corrected chi connectivity index (χ4v) is 0.693. The van der Waals surface area contributed by atoms with Gasteiger partial charge in [0.05, 0.1) is 12.7 Å². The van der Waals surface area contributed by atoms with Crippen LogP contribution in [0.15, 0.2) is 12.3 Å². The van der Waals surface area contributed by atoms with E-state index in [0.717, 1.165) is 25.2 Å². The second-order valence-electron chi connectivity index (χ2n) is 2.86. The molecule has 17 heavy (non-hydrogen) atoms. The molecule has 0 aliphatic carbocycles. The number of carbonyl (C=O) groups is 2. The Balaban J connectivity index is 3.38. The lowest BCUT2D eigenvalue weighted by Gasteiger charge is -2.01. The van der Waals surface area contributed by atoms with E-state index in [-0.39, 0.29) is 13.2 Å². The molecule has 0 aromatic rings. The highest BCUT2D eigenvalue weighted by Gasteiger charge is 1.99. The van der Waals surface area contributed by atoms with Gasteiger partial charge in [-0.25, -0.2) is 9.59 Å². The fourth-order valence-electron chi connectivity index (χ4n) is 0.693. The minimum absolute atomic E-state index is 0.147. The monoisotopic (exact) mass is 248 g/mol. The minimum atomic E-state index is -1.41. The van der Waals surface area contributed by atoms with E-state index in [1.54, 1.807) is 0 Å². The molecule has 0 radical (unpaired) electrons. The van der Waals surface area contributed by atoms with Crippen molar-refractivity contribution in [3.05, 3.63) is 12.3 Å². The van der Waals surface area contributed by atoms with Crippen LogP contribution in [0.5, 0.6) is 0 Å². The van der Waals surface area contributed by atoms with Gasteiger partial charge in [0, 0.05) is 0 Å². The Labute approximate surface area is 98.8 Å². The first-order chi connectivity index (χ1) is 8.16. The van der Waals surface area contributed by atoms with Crippen molar-refractivity contribution in [2.75, 3.05) is 19.8 Å². The molecule has 0 bridgehead atoms.